The summed E-state index contributed by atoms with van der Waals surface area (Å²) in [4.78, 5) is 2.77. The predicted octanol–water partition coefficient (Wildman–Crippen LogP) is 4.22. The monoisotopic (exact) mass is 422 g/mol. The van der Waals surface area contributed by atoms with E-state index in [0.717, 1.165) is 30.8 Å². The first-order valence-electron chi connectivity index (χ1n) is 9.55. The minimum absolute atomic E-state index is 0. The molecule has 0 aromatic heterocycles. The molecular formula is C22H31ClN2O2S. The molecule has 0 unspecified atom stereocenters. The second-order valence-corrected chi connectivity index (χ2v) is 10.3. The first kappa shape index (κ1) is 22.9. The van der Waals surface area contributed by atoms with Gasteiger partial charge in [-0.2, -0.15) is 4.31 Å². The first-order valence-corrected chi connectivity index (χ1v) is 11.0. The van der Waals surface area contributed by atoms with Crippen LogP contribution in [0.25, 0.3) is 0 Å². The van der Waals surface area contributed by atoms with Crippen molar-refractivity contribution in [3.8, 4) is 0 Å². The van der Waals surface area contributed by atoms with Gasteiger partial charge < -0.3 is 0 Å². The maximum absolute atomic E-state index is 13.3. The minimum Gasteiger partial charge on any atom is -0.296 e. The Morgan fingerprint density at radius 1 is 0.929 bits per heavy atom. The highest BCUT2D eigenvalue weighted by molar-refractivity contribution is 7.89. The summed E-state index contributed by atoms with van der Waals surface area (Å²) in [5, 5.41) is 0. The van der Waals surface area contributed by atoms with E-state index in [1.807, 2.05) is 43.3 Å². The quantitative estimate of drug-likeness (QED) is 0.740. The molecule has 0 N–H and O–H groups in total. The number of nitrogens with zero attached hydrogens (tertiary/aromatic N) is 2. The fourth-order valence-corrected chi connectivity index (χ4v) is 5.13. The molecule has 0 saturated carbocycles. The molecule has 3 rings (SSSR count). The fraction of sp³-hybridized carbons (Fsp3) is 0.455. The summed E-state index contributed by atoms with van der Waals surface area (Å²) < 4.78 is 28.2. The van der Waals surface area contributed by atoms with Crippen LogP contribution in [0.15, 0.2) is 53.4 Å². The molecule has 1 saturated heterocycles. The summed E-state index contributed by atoms with van der Waals surface area (Å²) in [6.07, 6.45) is 0. The molecule has 2 aromatic carbocycles. The van der Waals surface area contributed by atoms with E-state index in [9.17, 15) is 8.42 Å². The van der Waals surface area contributed by atoms with E-state index in [1.165, 1.54) is 5.56 Å². The number of halogens is 1. The first-order chi connectivity index (χ1) is 12.7. The van der Waals surface area contributed by atoms with Crippen LogP contribution in [0.2, 0.25) is 0 Å². The normalized spacial score (nSPS) is 16.6. The Balaban J connectivity index is 0.00000280. The summed E-state index contributed by atoms with van der Waals surface area (Å²) in [5.41, 5.74) is 3.05. The van der Waals surface area contributed by atoms with Crippen LogP contribution in [-0.4, -0.2) is 43.8 Å². The maximum Gasteiger partial charge on any atom is 0.243 e. The third-order valence-corrected chi connectivity index (χ3v) is 7.29. The standard InChI is InChI=1S/C22H30N2O2S.ClH/c1-18-10-11-20(22(2,3)4)16-21(18)27(25,26)24-14-12-23(13-15-24)17-19-8-6-5-7-9-19;/h5-11,16H,12-15,17H2,1-4H3;1H. The van der Waals surface area contributed by atoms with Gasteiger partial charge in [0.25, 0.3) is 0 Å². The summed E-state index contributed by atoms with van der Waals surface area (Å²) in [6, 6.07) is 16.2. The van der Waals surface area contributed by atoms with Gasteiger partial charge in [0.05, 0.1) is 4.90 Å². The smallest absolute Gasteiger partial charge is 0.243 e. The van der Waals surface area contributed by atoms with Gasteiger partial charge in [-0.25, -0.2) is 8.42 Å². The number of sulfonamides is 1. The number of aryl methyl sites for hydroxylation is 1. The van der Waals surface area contributed by atoms with Crippen molar-refractivity contribution in [2.75, 3.05) is 26.2 Å². The highest BCUT2D eigenvalue weighted by Gasteiger charge is 2.30. The third kappa shape index (κ3) is 5.15. The van der Waals surface area contributed by atoms with Gasteiger partial charge in [0.1, 0.15) is 0 Å². The molecule has 0 spiro atoms. The average Bonchev–Trinajstić information content (AvgIpc) is 2.62. The molecule has 1 fully saturated rings. The summed E-state index contributed by atoms with van der Waals surface area (Å²) >= 11 is 0. The number of benzene rings is 2. The van der Waals surface area contributed by atoms with Gasteiger partial charge in [-0.05, 0) is 35.1 Å². The van der Waals surface area contributed by atoms with Crippen molar-refractivity contribution in [1.82, 2.24) is 9.21 Å². The predicted molar refractivity (Wildman–Crippen MR) is 118 cm³/mol. The molecule has 0 aliphatic carbocycles. The zero-order chi connectivity index (χ0) is 19.7. The van der Waals surface area contributed by atoms with Gasteiger partial charge in [0.15, 0.2) is 0 Å². The lowest BCUT2D eigenvalue weighted by molar-refractivity contribution is 0.181. The lowest BCUT2D eigenvalue weighted by atomic mass is 9.87. The second kappa shape index (κ2) is 8.95. The van der Waals surface area contributed by atoms with Crippen LogP contribution >= 0.6 is 12.4 Å². The van der Waals surface area contributed by atoms with Crippen LogP contribution < -0.4 is 0 Å². The number of hydrogen-bond acceptors (Lipinski definition) is 3. The molecule has 1 aliphatic rings. The van der Waals surface area contributed by atoms with E-state index in [1.54, 1.807) is 4.31 Å². The van der Waals surface area contributed by atoms with Crippen LogP contribution in [0.1, 0.15) is 37.5 Å². The van der Waals surface area contributed by atoms with Crippen molar-refractivity contribution < 1.29 is 8.42 Å². The van der Waals surface area contributed by atoms with Gasteiger partial charge in [0.2, 0.25) is 10.0 Å². The Hall–Kier alpha value is -1.40. The molecule has 0 atom stereocenters. The molecule has 28 heavy (non-hydrogen) atoms. The zero-order valence-electron chi connectivity index (χ0n) is 17.2. The molecule has 0 bridgehead atoms. The fourth-order valence-electron chi connectivity index (χ4n) is 3.45. The van der Waals surface area contributed by atoms with E-state index in [4.69, 9.17) is 0 Å². The average molecular weight is 423 g/mol. The Bertz CT molecular complexity index is 884. The highest BCUT2D eigenvalue weighted by atomic mass is 35.5. The van der Waals surface area contributed by atoms with Crippen LogP contribution in [0.5, 0.6) is 0 Å². The van der Waals surface area contributed by atoms with E-state index >= 15 is 0 Å². The van der Waals surface area contributed by atoms with Gasteiger partial charge >= 0.3 is 0 Å². The summed E-state index contributed by atoms with van der Waals surface area (Å²) in [7, 11) is -3.47. The molecule has 4 nitrogen and oxygen atoms in total. The molecule has 6 heteroatoms. The van der Waals surface area contributed by atoms with E-state index in [-0.39, 0.29) is 17.8 Å². The Morgan fingerprint density at radius 3 is 2.11 bits per heavy atom. The van der Waals surface area contributed by atoms with Crippen molar-refractivity contribution in [1.29, 1.82) is 0 Å². The van der Waals surface area contributed by atoms with Gasteiger partial charge in [0, 0.05) is 32.7 Å². The van der Waals surface area contributed by atoms with Gasteiger partial charge in [-0.3, -0.25) is 4.90 Å². The van der Waals surface area contributed by atoms with E-state index in [2.05, 4.69) is 37.8 Å². The number of hydrogen-bond donors (Lipinski definition) is 0. The second-order valence-electron chi connectivity index (χ2n) is 8.40. The summed E-state index contributed by atoms with van der Waals surface area (Å²) in [5.74, 6) is 0. The van der Waals surface area contributed by atoms with Crippen molar-refractivity contribution in [2.45, 2.75) is 44.6 Å². The van der Waals surface area contributed by atoms with Crippen LogP contribution in [0, 0.1) is 6.92 Å². The topological polar surface area (TPSA) is 40.6 Å². The van der Waals surface area contributed by atoms with Crippen molar-refractivity contribution in [3.63, 3.8) is 0 Å². The van der Waals surface area contributed by atoms with Gasteiger partial charge in [-0.15, -0.1) is 12.4 Å². The minimum atomic E-state index is -3.47. The molecule has 2 aromatic rings. The van der Waals surface area contributed by atoms with Crippen molar-refractivity contribution >= 4 is 22.4 Å². The summed E-state index contributed by atoms with van der Waals surface area (Å²) in [6.45, 7) is 11.7. The lowest BCUT2D eigenvalue weighted by Gasteiger charge is -2.34. The van der Waals surface area contributed by atoms with Crippen LogP contribution in [-0.2, 0) is 22.0 Å². The number of rotatable bonds is 4. The molecule has 0 amide bonds. The molecular weight excluding hydrogens is 392 g/mol. The SMILES string of the molecule is Cc1ccc(C(C)(C)C)cc1S(=O)(=O)N1CCN(Cc2ccccc2)CC1.Cl. The largest absolute Gasteiger partial charge is 0.296 e. The number of piperazine rings is 1. The van der Waals surface area contributed by atoms with Crippen molar-refractivity contribution in [3.05, 3.63) is 65.2 Å². The molecule has 154 valence electrons. The Kier molecular flexibility index (Phi) is 7.32. The Morgan fingerprint density at radius 2 is 1.54 bits per heavy atom. The zero-order valence-corrected chi connectivity index (χ0v) is 18.8. The maximum atomic E-state index is 13.3. The third-order valence-electron chi connectivity index (χ3n) is 5.25. The van der Waals surface area contributed by atoms with Crippen molar-refractivity contribution in [2.24, 2.45) is 0 Å². The van der Waals surface area contributed by atoms with E-state index in [0.29, 0.717) is 18.0 Å². The molecule has 1 aliphatic heterocycles. The van der Waals surface area contributed by atoms with E-state index < -0.39 is 10.0 Å². The van der Waals surface area contributed by atoms with Crippen LogP contribution in [0.4, 0.5) is 0 Å². The Labute approximate surface area is 176 Å². The molecule has 0 radical (unpaired) electrons. The lowest BCUT2D eigenvalue weighted by Crippen LogP contribution is -2.48. The molecule has 1 heterocycles. The highest BCUT2D eigenvalue weighted by Crippen LogP contribution is 2.28. The van der Waals surface area contributed by atoms with Crippen LogP contribution in [0.3, 0.4) is 0 Å². The van der Waals surface area contributed by atoms with Gasteiger partial charge in [-0.1, -0.05) is 63.2 Å².